The Balaban J connectivity index is 2.03. The number of nitrogens with zero attached hydrogens (tertiary/aromatic N) is 1. The number of aliphatic carboxylic acids is 1. The highest BCUT2D eigenvalue weighted by Crippen LogP contribution is 2.28. The van der Waals surface area contributed by atoms with E-state index < -0.39 is 5.97 Å². The van der Waals surface area contributed by atoms with Gasteiger partial charge in [-0.3, -0.25) is 4.79 Å². The quantitative estimate of drug-likeness (QED) is 0.752. The van der Waals surface area contributed by atoms with Crippen LogP contribution in [0.15, 0.2) is 5.38 Å². The molecule has 12 heavy (non-hydrogen) atoms. The molecular formula is C8H9NO2S. The predicted octanol–water partition coefficient (Wildman–Crippen LogP) is 1.33. The molecule has 1 aromatic rings. The molecule has 0 amide bonds. The van der Waals surface area contributed by atoms with E-state index in [0.717, 1.165) is 18.5 Å². The van der Waals surface area contributed by atoms with Crippen molar-refractivity contribution in [2.45, 2.75) is 19.3 Å². The fourth-order valence-corrected chi connectivity index (χ4v) is 2.39. The monoisotopic (exact) mass is 183 g/mol. The molecule has 1 aliphatic carbocycles. The topological polar surface area (TPSA) is 50.2 Å². The highest BCUT2D eigenvalue weighted by atomic mass is 32.1. The highest BCUT2D eigenvalue weighted by molar-refractivity contribution is 7.03. The highest BCUT2D eigenvalue weighted by Gasteiger charge is 2.25. The molecule has 0 aromatic carbocycles. The van der Waals surface area contributed by atoms with Crippen LogP contribution in [-0.4, -0.2) is 15.4 Å². The zero-order chi connectivity index (χ0) is 8.55. The molecule has 0 spiro atoms. The van der Waals surface area contributed by atoms with Crippen molar-refractivity contribution in [3.05, 3.63) is 16.6 Å². The lowest BCUT2D eigenvalue weighted by Crippen LogP contribution is -2.07. The second-order valence-corrected chi connectivity index (χ2v) is 3.79. The second-order valence-electron chi connectivity index (χ2n) is 3.16. The number of carboxylic acids is 1. The van der Waals surface area contributed by atoms with Gasteiger partial charge in [-0.2, -0.15) is 4.37 Å². The third-order valence-corrected chi connectivity index (χ3v) is 2.90. The zero-order valence-corrected chi connectivity index (χ0v) is 7.30. The first-order chi connectivity index (χ1) is 5.75. The standard InChI is InChI=1S/C8H9NO2S/c10-8(11)3-5-1-6-4-12-9-7(6)2-5/h4-5H,1-3H2,(H,10,11). The maximum absolute atomic E-state index is 10.4. The van der Waals surface area contributed by atoms with E-state index in [-0.39, 0.29) is 12.3 Å². The van der Waals surface area contributed by atoms with Crippen LogP contribution in [-0.2, 0) is 17.6 Å². The molecule has 2 rings (SSSR count). The number of fused-ring (bicyclic) bond motifs is 1. The number of rotatable bonds is 2. The molecule has 1 N–H and O–H groups in total. The van der Waals surface area contributed by atoms with Gasteiger partial charge in [0.05, 0.1) is 5.69 Å². The summed E-state index contributed by atoms with van der Waals surface area (Å²) in [7, 11) is 0. The van der Waals surface area contributed by atoms with Gasteiger partial charge in [0, 0.05) is 11.8 Å². The van der Waals surface area contributed by atoms with Gasteiger partial charge in [0.15, 0.2) is 0 Å². The molecule has 1 heterocycles. The summed E-state index contributed by atoms with van der Waals surface area (Å²) in [6.07, 6.45) is 2.03. The van der Waals surface area contributed by atoms with E-state index >= 15 is 0 Å². The largest absolute Gasteiger partial charge is 0.481 e. The lowest BCUT2D eigenvalue weighted by atomic mass is 10.0. The Morgan fingerprint density at radius 3 is 3.25 bits per heavy atom. The third kappa shape index (κ3) is 1.34. The minimum absolute atomic E-state index is 0.279. The van der Waals surface area contributed by atoms with Crippen LogP contribution in [0.5, 0.6) is 0 Å². The first-order valence-electron chi connectivity index (χ1n) is 3.89. The van der Waals surface area contributed by atoms with Crippen molar-refractivity contribution in [2.24, 2.45) is 5.92 Å². The fourth-order valence-electron chi connectivity index (χ4n) is 1.66. The van der Waals surface area contributed by atoms with Gasteiger partial charge in [-0.05, 0) is 35.9 Å². The fraction of sp³-hybridized carbons (Fsp3) is 0.500. The Labute approximate surface area is 74.2 Å². The molecule has 0 radical (unpaired) electrons. The summed E-state index contributed by atoms with van der Waals surface area (Å²) in [5, 5.41) is 10.6. The van der Waals surface area contributed by atoms with Crippen molar-refractivity contribution >= 4 is 17.5 Å². The molecule has 1 aromatic heterocycles. The second kappa shape index (κ2) is 2.86. The van der Waals surface area contributed by atoms with E-state index in [1.54, 1.807) is 0 Å². The van der Waals surface area contributed by atoms with Gasteiger partial charge < -0.3 is 5.11 Å². The van der Waals surface area contributed by atoms with Crippen LogP contribution in [0.2, 0.25) is 0 Å². The summed E-state index contributed by atoms with van der Waals surface area (Å²) in [6.45, 7) is 0. The van der Waals surface area contributed by atoms with Crippen molar-refractivity contribution in [1.29, 1.82) is 0 Å². The number of hydrogen-bond donors (Lipinski definition) is 1. The van der Waals surface area contributed by atoms with E-state index in [0.29, 0.717) is 0 Å². The summed E-state index contributed by atoms with van der Waals surface area (Å²) < 4.78 is 4.20. The minimum Gasteiger partial charge on any atom is -0.481 e. The first-order valence-corrected chi connectivity index (χ1v) is 4.73. The minimum atomic E-state index is -0.700. The Kier molecular flexibility index (Phi) is 1.84. The third-order valence-electron chi connectivity index (χ3n) is 2.18. The summed E-state index contributed by atoms with van der Waals surface area (Å²) >= 11 is 1.47. The maximum Gasteiger partial charge on any atom is 0.303 e. The Morgan fingerprint density at radius 2 is 2.58 bits per heavy atom. The zero-order valence-electron chi connectivity index (χ0n) is 6.49. The van der Waals surface area contributed by atoms with Gasteiger partial charge in [0.2, 0.25) is 0 Å². The Hall–Kier alpha value is -0.900. The van der Waals surface area contributed by atoms with Crippen molar-refractivity contribution in [3.8, 4) is 0 Å². The van der Waals surface area contributed by atoms with Crippen molar-refractivity contribution < 1.29 is 9.90 Å². The lowest BCUT2D eigenvalue weighted by Gasteiger charge is -2.02. The number of aromatic nitrogens is 1. The smallest absolute Gasteiger partial charge is 0.303 e. The molecule has 3 nitrogen and oxygen atoms in total. The van der Waals surface area contributed by atoms with E-state index in [2.05, 4.69) is 4.37 Å². The average molecular weight is 183 g/mol. The van der Waals surface area contributed by atoms with Gasteiger partial charge in [-0.15, -0.1) is 0 Å². The Bertz CT molecular complexity index is 287. The van der Waals surface area contributed by atoms with Crippen molar-refractivity contribution in [3.63, 3.8) is 0 Å². The first kappa shape index (κ1) is 7.73. The molecule has 0 saturated heterocycles. The molecule has 1 aliphatic rings. The van der Waals surface area contributed by atoms with E-state index in [1.165, 1.54) is 17.1 Å². The van der Waals surface area contributed by atoms with Crippen molar-refractivity contribution in [2.75, 3.05) is 0 Å². The lowest BCUT2D eigenvalue weighted by molar-refractivity contribution is -0.138. The van der Waals surface area contributed by atoms with Crippen LogP contribution < -0.4 is 0 Å². The number of carbonyl (C=O) groups is 1. The molecule has 0 fully saturated rings. The van der Waals surface area contributed by atoms with Crippen LogP contribution in [0.3, 0.4) is 0 Å². The van der Waals surface area contributed by atoms with Crippen LogP contribution in [0, 0.1) is 5.92 Å². The van der Waals surface area contributed by atoms with Gasteiger partial charge in [0.25, 0.3) is 0 Å². The predicted molar refractivity (Wildman–Crippen MR) is 45.3 cm³/mol. The molecule has 0 saturated carbocycles. The van der Waals surface area contributed by atoms with Crippen molar-refractivity contribution in [1.82, 2.24) is 4.37 Å². The molecule has 1 unspecified atom stereocenters. The van der Waals surface area contributed by atoms with Gasteiger partial charge in [-0.1, -0.05) is 0 Å². The average Bonchev–Trinajstić information content (AvgIpc) is 2.43. The van der Waals surface area contributed by atoms with E-state index in [1.807, 2.05) is 5.38 Å². The van der Waals surface area contributed by atoms with Crippen LogP contribution in [0.4, 0.5) is 0 Å². The molecule has 64 valence electrons. The maximum atomic E-state index is 10.4. The van der Waals surface area contributed by atoms with Crippen LogP contribution in [0.1, 0.15) is 17.7 Å². The summed E-state index contributed by atoms with van der Waals surface area (Å²) in [5.74, 6) is -0.415. The number of hydrogen-bond acceptors (Lipinski definition) is 3. The SMILES string of the molecule is O=C(O)CC1Cc2csnc2C1. The summed E-state index contributed by atoms with van der Waals surface area (Å²) in [6, 6.07) is 0. The van der Waals surface area contributed by atoms with Crippen LogP contribution >= 0.6 is 11.5 Å². The summed E-state index contributed by atoms with van der Waals surface area (Å²) in [4.78, 5) is 10.4. The molecule has 1 atom stereocenters. The van der Waals surface area contributed by atoms with Crippen LogP contribution in [0.25, 0.3) is 0 Å². The molecule has 0 bridgehead atoms. The van der Waals surface area contributed by atoms with Gasteiger partial charge in [-0.25, -0.2) is 0 Å². The number of carboxylic acid groups (broad SMARTS) is 1. The van der Waals surface area contributed by atoms with E-state index in [4.69, 9.17) is 5.11 Å². The Morgan fingerprint density at radius 1 is 1.75 bits per heavy atom. The summed E-state index contributed by atoms with van der Waals surface area (Å²) in [5.41, 5.74) is 2.37. The van der Waals surface area contributed by atoms with Gasteiger partial charge >= 0.3 is 5.97 Å². The molecule has 0 aliphatic heterocycles. The van der Waals surface area contributed by atoms with E-state index in [9.17, 15) is 4.79 Å². The molecular weight excluding hydrogens is 174 g/mol. The normalized spacial score (nSPS) is 20.8. The molecule has 4 heteroatoms. The van der Waals surface area contributed by atoms with Gasteiger partial charge in [0.1, 0.15) is 0 Å².